The van der Waals surface area contributed by atoms with Gasteiger partial charge in [-0.15, -0.1) is 0 Å². The van der Waals surface area contributed by atoms with Crippen molar-refractivity contribution in [3.8, 4) is 0 Å². The highest BCUT2D eigenvalue weighted by Crippen LogP contribution is 2.27. The highest BCUT2D eigenvalue weighted by Gasteiger charge is 2.24. The predicted molar refractivity (Wildman–Crippen MR) is 80.8 cm³/mol. The molecule has 7 nitrogen and oxygen atoms in total. The Morgan fingerprint density at radius 2 is 2.25 bits per heavy atom. The molecule has 1 unspecified atom stereocenters. The third-order valence-electron chi connectivity index (χ3n) is 2.68. The molecule has 1 aromatic carbocycles. The van der Waals surface area contributed by atoms with Crippen molar-refractivity contribution in [1.82, 2.24) is 5.32 Å². The standard InChI is InChI=1S/C12H18N4O3S/c1-8(7-20-2)6-14-12(17)9-4-3-5-10(15-13)11(9)16(18)19/h3-5,8,15H,6-7,13H2,1-2H3,(H,14,17). The second-order valence-electron chi connectivity index (χ2n) is 4.37. The van der Waals surface area contributed by atoms with Crippen LogP contribution in [0.15, 0.2) is 18.2 Å². The molecular weight excluding hydrogens is 280 g/mol. The molecule has 0 aromatic heterocycles. The number of thioether (sulfide) groups is 1. The maximum Gasteiger partial charge on any atom is 0.306 e. The van der Waals surface area contributed by atoms with Gasteiger partial charge in [-0.25, -0.2) is 0 Å². The van der Waals surface area contributed by atoms with E-state index in [2.05, 4.69) is 10.7 Å². The lowest BCUT2D eigenvalue weighted by atomic mass is 10.1. The number of rotatable bonds is 7. The average Bonchev–Trinajstić information content (AvgIpc) is 2.43. The van der Waals surface area contributed by atoms with Gasteiger partial charge in [-0.2, -0.15) is 11.8 Å². The van der Waals surface area contributed by atoms with E-state index in [1.807, 2.05) is 13.2 Å². The first-order valence-corrected chi connectivity index (χ1v) is 7.41. The zero-order chi connectivity index (χ0) is 15.1. The number of nitrogens with one attached hydrogen (secondary N) is 2. The summed E-state index contributed by atoms with van der Waals surface area (Å²) in [5, 5.41) is 13.8. The summed E-state index contributed by atoms with van der Waals surface area (Å²) in [4.78, 5) is 22.5. The van der Waals surface area contributed by atoms with E-state index in [1.54, 1.807) is 17.8 Å². The number of nitro groups is 1. The van der Waals surface area contributed by atoms with Gasteiger partial charge < -0.3 is 10.7 Å². The first-order valence-electron chi connectivity index (χ1n) is 6.02. The van der Waals surface area contributed by atoms with Crippen molar-refractivity contribution in [2.75, 3.05) is 24.0 Å². The number of anilines is 1. The maximum atomic E-state index is 12.1. The van der Waals surface area contributed by atoms with Crippen LogP contribution in [0, 0.1) is 16.0 Å². The number of carbonyl (C=O) groups excluding carboxylic acids is 1. The van der Waals surface area contributed by atoms with Crippen molar-refractivity contribution in [3.63, 3.8) is 0 Å². The van der Waals surface area contributed by atoms with Gasteiger partial charge in [0.25, 0.3) is 5.91 Å². The zero-order valence-electron chi connectivity index (χ0n) is 11.4. The molecule has 0 aliphatic heterocycles. The number of hydrogen-bond acceptors (Lipinski definition) is 6. The summed E-state index contributed by atoms with van der Waals surface area (Å²) in [5.74, 6) is 5.96. The van der Waals surface area contributed by atoms with Crippen LogP contribution < -0.4 is 16.6 Å². The highest BCUT2D eigenvalue weighted by molar-refractivity contribution is 7.98. The minimum atomic E-state index is -0.616. The van der Waals surface area contributed by atoms with Gasteiger partial charge in [0.2, 0.25) is 0 Å². The van der Waals surface area contributed by atoms with Gasteiger partial charge >= 0.3 is 5.69 Å². The van der Waals surface area contributed by atoms with Crippen molar-refractivity contribution in [1.29, 1.82) is 0 Å². The Kier molecular flexibility index (Phi) is 6.26. The van der Waals surface area contributed by atoms with Crippen LogP contribution in [-0.4, -0.2) is 29.4 Å². The second kappa shape index (κ2) is 7.71. The molecule has 4 N–H and O–H groups in total. The number of benzene rings is 1. The largest absolute Gasteiger partial charge is 0.352 e. The topological polar surface area (TPSA) is 110 Å². The molecule has 0 saturated carbocycles. The molecule has 0 spiro atoms. The lowest BCUT2D eigenvalue weighted by molar-refractivity contribution is -0.384. The fraction of sp³-hybridized carbons (Fsp3) is 0.417. The number of carbonyl (C=O) groups is 1. The number of hydrogen-bond donors (Lipinski definition) is 3. The molecule has 110 valence electrons. The van der Waals surface area contributed by atoms with Gasteiger partial charge in [0, 0.05) is 6.54 Å². The SMILES string of the molecule is CSCC(C)CNC(=O)c1cccc(NN)c1[N+](=O)[O-]. The van der Waals surface area contributed by atoms with Gasteiger partial charge in [-0.1, -0.05) is 13.0 Å². The van der Waals surface area contributed by atoms with E-state index < -0.39 is 10.8 Å². The smallest absolute Gasteiger partial charge is 0.306 e. The molecule has 0 radical (unpaired) electrons. The minimum Gasteiger partial charge on any atom is -0.352 e. The quantitative estimate of drug-likeness (QED) is 0.401. The minimum absolute atomic E-state index is 0.00167. The van der Waals surface area contributed by atoms with Crippen LogP contribution in [0.5, 0.6) is 0 Å². The number of para-hydroxylation sites is 1. The van der Waals surface area contributed by atoms with Gasteiger partial charge in [0.1, 0.15) is 11.3 Å². The van der Waals surface area contributed by atoms with Crippen LogP contribution >= 0.6 is 11.8 Å². The Hall–Kier alpha value is -1.80. The normalized spacial score (nSPS) is 11.8. The molecule has 20 heavy (non-hydrogen) atoms. The van der Waals surface area contributed by atoms with E-state index >= 15 is 0 Å². The number of amides is 1. The van der Waals surface area contributed by atoms with Crippen molar-refractivity contribution in [3.05, 3.63) is 33.9 Å². The van der Waals surface area contributed by atoms with Crippen molar-refractivity contribution >= 4 is 29.0 Å². The molecule has 0 fully saturated rings. The Morgan fingerprint density at radius 1 is 1.55 bits per heavy atom. The van der Waals surface area contributed by atoms with E-state index in [9.17, 15) is 14.9 Å². The zero-order valence-corrected chi connectivity index (χ0v) is 12.2. The molecule has 0 aliphatic carbocycles. The Labute approximate surface area is 121 Å². The van der Waals surface area contributed by atoms with Gasteiger partial charge in [-0.3, -0.25) is 20.8 Å². The van der Waals surface area contributed by atoms with Crippen molar-refractivity contribution in [2.45, 2.75) is 6.92 Å². The van der Waals surface area contributed by atoms with Crippen LogP contribution in [0.4, 0.5) is 11.4 Å². The average molecular weight is 298 g/mol. The number of nitrogens with two attached hydrogens (primary N) is 1. The molecule has 8 heteroatoms. The third-order valence-corrected chi connectivity index (χ3v) is 3.58. The van der Waals surface area contributed by atoms with Crippen molar-refractivity contribution in [2.24, 2.45) is 11.8 Å². The van der Waals surface area contributed by atoms with Gasteiger partial charge in [-0.05, 0) is 30.1 Å². The molecule has 0 aliphatic rings. The molecular formula is C12H18N4O3S. The molecule has 1 amide bonds. The van der Waals surface area contributed by atoms with Crippen LogP contribution in [-0.2, 0) is 0 Å². The summed E-state index contributed by atoms with van der Waals surface area (Å²) in [5.41, 5.74) is 2.03. The molecule has 1 atom stereocenters. The van der Waals surface area contributed by atoms with Crippen molar-refractivity contribution < 1.29 is 9.72 Å². The van der Waals surface area contributed by atoms with E-state index in [0.29, 0.717) is 12.5 Å². The molecule has 0 heterocycles. The predicted octanol–water partition coefficient (Wildman–Crippen LogP) is 1.61. The fourth-order valence-corrected chi connectivity index (χ4v) is 2.43. The first kappa shape index (κ1) is 16.3. The lowest BCUT2D eigenvalue weighted by Crippen LogP contribution is -2.29. The number of hydrazine groups is 1. The summed E-state index contributed by atoms with van der Waals surface area (Å²) in [6.45, 7) is 2.47. The monoisotopic (exact) mass is 298 g/mol. The molecule has 0 bridgehead atoms. The Bertz CT molecular complexity index is 496. The summed E-state index contributed by atoms with van der Waals surface area (Å²) in [7, 11) is 0. The van der Waals surface area contributed by atoms with E-state index in [1.165, 1.54) is 12.1 Å². The van der Waals surface area contributed by atoms with Crippen LogP contribution in [0.2, 0.25) is 0 Å². The summed E-state index contributed by atoms with van der Waals surface area (Å²) in [6, 6.07) is 4.40. The second-order valence-corrected chi connectivity index (χ2v) is 5.28. The molecule has 1 aromatic rings. The highest BCUT2D eigenvalue weighted by atomic mass is 32.2. The van der Waals surface area contributed by atoms with Crippen LogP contribution in [0.3, 0.4) is 0 Å². The van der Waals surface area contributed by atoms with Crippen LogP contribution in [0.25, 0.3) is 0 Å². The lowest BCUT2D eigenvalue weighted by Gasteiger charge is -2.12. The molecule has 0 saturated heterocycles. The first-order chi connectivity index (χ1) is 9.51. The third kappa shape index (κ3) is 4.10. The molecule has 1 rings (SSSR count). The van der Waals surface area contributed by atoms with Gasteiger partial charge in [0.05, 0.1) is 4.92 Å². The Balaban J connectivity index is 2.90. The Morgan fingerprint density at radius 3 is 2.80 bits per heavy atom. The van der Waals surface area contributed by atoms with Gasteiger partial charge in [0.15, 0.2) is 0 Å². The van der Waals surface area contributed by atoms with E-state index in [-0.39, 0.29) is 16.9 Å². The number of nitrogen functional groups attached to an aromatic ring is 1. The van der Waals surface area contributed by atoms with Crippen LogP contribution in [0.1, 0.15) is 17.3 Å². The summed E-state index contributed by atoms with van der Waals surface area (Å²) >= 11 is 1.69. The maximum absolute atomic E-state index is 12.1. The van der Waals surface area contributed by atoms with E-state index in [4.69, 9.17) is 5.84 Å². The van der Waals surface area contributed by atoms with E-state index in [0.717, 1.165) is 5.75 Å². The summed E-state index contributed by atoms with van der Waals surface area (Å²) < 4.78 is 0. The fourth-order valence-electron chi connectivity index (χ4n) is 1.75. The summed E-state index contributed by atoms with van der Waals surface area (Å²) in [6.07, 6.45) is 1.99. The number of nitro benzene ring substituents is 1. The number of nitrogens with zero attached hydrogens (tertiary/aromatic N) is 1.